The monoisotopic (exact) mass is 376 g/mol. The van der Waals surface area contributed by atoms with Crippen molar-refractivity contribution in [2.24, 2.45) is 11.8 Å². The molecular weight excluding hydrogens is 354 g/mol. The van der Waals surface area contributed by atoms with Crippen molar-refractivity contribution in [2.75, 3.05) is 24.6 Å². The second-order valence-electron chi connectivity index (χ2n) is 7.22. The molecule has 0 bridgehead atoms. The number of halogens is 2. The molecule has 1 saturated heterocycles. The van der Waals surface area contributed by atoms with Crippen LogP contribution in [0.15, 0.2) is 18.3 Å². The van der Waals surface area contributed by atoms with Crippen molar-refractivity contribution in [3.63, 3.8) is 0 Å². The predicted molar refractivity (Wildman–Crippen MR) is 95.0 cm³/mol. The first-order valence-electron chi connectivity index (χ1n) is 9.20. The summed E-state index contributed by atoms with van der Waals surface area (Å²) in [5.74, 6) is 1.83. The van der Waals surface area contributed by atoms with Crippen LogP contribution in [0.1, 0.15) is 47.1 Å². The normalized spacial score (nSPS) is 20.9. The van der Waals surface area contributed by atoms with Crippen molar-refractivity contribution < 1.29 is 18.3 Å². The molecule has 0 amide bonds. The number of aryl methyl sites for hydroxylation is 1. The highest BCUT2D eigenvalue weighted by molar-refractivity contribution is 5.90. The van der Waals surface area contributed by atoms with Crippen LogP contribution in [0.25, 0.3) is 0 Å². The zero-order valence-electron chi connectivity index (χ0n) is 15.4. The second kappa shape index (κ2) is 6.90. The van der Waals surface area contributed by atoms with Crippen LogP contribution in [-0.4, -0.2) is 40.4 Å². The van der Waals surface area contributed by atoms with Gasteiger partial charge >= 0.3 is 5.97 Å². The summed E-state index contributed by atoms with van der Waals surface area (Å²) in [6.45, 7) is 6.05. The highest BCUT2D eigenvalue weighted by Gasteiger charge is 2.45. The fraction of sp³-hybridized carbons (Fsp3) is 0.526. The number of piperidine rings is 1. The molecule has 0 N–H and O–H groups in total. The second-order valence-corrected chi connectivity index (χ2v) is 7.22. The van der Waals surface area contributed by atoms with E-state index in [1.165, 1.54) is 17.3 Å². The molecular formula is C19H22F2N4O2. The number of carbonyl (C=O) groups is 1. The van der Waals surface area contributed by atoms with Gasteiger partial charge < -0.3 is 9.64 Å². The Kier molecular flexibility index (Phi) is 4.57. The van der Waals surface area contributed by atoms with Gasteiger partial charge in [0.05, 0.1) is 13.2 Å². The van der Waals surface area contributed by atoms with E-state index in [9.17, 15) is 13.6 Å². The first-order chi connectivity index (χ1) is 13.0. The number of hydrogen-bond acceptors (Lipinski definition) is 5. The van der Waals surface area contributed by atoms with Crippen LogP contribution in [0.5, 0.6) is 0 Å². The number of aromatic nitrogens is 3. The predicted octanol–water partition coefficient (Wildman–Crippen LogP) is 3.21. The molecule has 0 aromatic carbocycles. The minimum absolute atomic E-state index is 0.120. The van der Waals surface area contributed by atoms with Gasteiger partial charge in [-0.25, -0.2) is 18.6 Å². The number of nitrogens with zero attached hydrogens (tertiary/aromatic N) is 4. The summed E-state index contributed by atoms with van der Waals surface area (Å²) in [7, 11) is 0. The third-order valence-corrected chi connectivity index (χ3v) is 5.31. The number of carbonyl (C=O) groups excluding carboxylic acids is 1. The van der Waals surface area contributed by atoms with E-state index in [1.54, 1.807) is 6.92 Å². The first-order valence-corrected chi connectivity index (χ1v) is 9.20. The Labute approximate surface area is 156 Å². The van der Waals surface area contributed by atoms with Gasteiger partial charge in [-0.05, 0) is 43.7 Å². The van der Waals surface area contributed by atoms with E-state index in [1.807, 2.05) is 19.1 Å². The van der Waals surface area contributed by atoms with Gasteiger partial charge in [0, 0.05) is 25.0 Å². The van der Waals surface area contributed by atoms with E-state index in [2.05, 4.69) is 15.0 Å². The molecule has 144 valence electrons. The van der Waals surface area contributed by atoms with E-state index >= 15 is 0 Å². The van der Waals surface area contributed by atoms with Gasteiger partial charge in [0.25, 0.3) is 6.43 Å². The van der Waals surface area contributed by atoms with Crippen molar-refractivity contribution in [1.29, 1.82) is 0 Å². The van der Waals surface area contributed by atoms with Crippen LogP contribution in [-0.2, 0) is 11.3 Å². The molecule has 2 aromatic rings. The van der Waals surface area contributed by atoms with Crippen LogP contribution in [0.3, 0.4) is 0 Å². The van der Waals surface area contributed by atoms with Gasteiger partial charge in [-0.2, -0.15) is 5.10 Å². The van der Waals surface area contributed by atoms with E-state index in [-0.39, 0.29) is 18.7 Å². The standard InChI is InChI=1S/C19H22F2N4O2/c1-3-27-19(26)15-10-25(23-17(15)18(20)21)9-12-4-5-16(22-11(12)2)24-7-13-6-14(13)8-24/h4-5,10,13-14,18H,3,6-9H2,1-2H3. The van der Waals surface area contributed by atoms with Gasteiger partial charge in [0.15, 0.2) is 0 Å². The Morgan fingerprint density at radius 2 is 2.07 bits per heavy atom. The van der Waals surface area contributed by atoms with Crippen LogP contribution in [0, 0.1) is 18.8 Å². The van der Waals surface area contributed by atoms with Crippen molar-refractivity contribution in [2.45, 2.75) is 33.2 Å². The summed E-state index contributed by atoms with van der Waals surface area (Å²) in [6, 6.07) is 3.92. The Morgan fingerprint density at radius 1 is 1.33 bits per heavy atom. The minimum atomic E-state index is -2.84. The SMILES string of the molecule is CCOC(=O)c1cn(Cc2ccc(N3CC4CC4C3)nc2C)nc1C(F)F. The molecule has 1 saturated carbocycles. The maximum Gasteiger partial charge on any atom is 0.341 e. The highest BCUT2D eigenvalue weighted by atomic mass is 19.3. The van der Waals surface area contributed by atoms with Gasteiger partial charge in [0.1, 0.15) is 17.1 Å². The summed E-state index contributed by atoms with van der Waals surface area (Å²) in [6.07, 6.45) is -0.183. The lowest BCUT2D eigenvalue weighted by atomic mass is 10.2. The van der Waals surface area contributed by atoms with Crippen LogP contribution in [0.2, 0.25) is 0 Å². The average molecular weight is 376 g/mol. The molecule has 3 heterocycles. The molecule has 1 aliphatic heterocycles. The molecule has 2 atom stereocenters. The third kappa shape index (κ3) is 3.52. The molecule has 2 fully saturated rings. The maximum absolute atomic E-state index is 13.2. The fourth-order valence-electron chi connectivity index (χ4n) is 3.72. The molecule has 1 aliphatic carbocycles. The summed E-state index contributed by atoms with van der Waals surface area (Å²) < 4.78 is 32.6. The number of rotatable bonds is 6. The minimum Gasteiger partial charge on any atom is -0.462 e. The fourth-order valence-corrected chi connectivity index (χ4v) is 3.72. The number of anilines is 1. The molecule has 0 spiro atoms. The quantitative estimate of drug-likeness (QED) is 0.725. The highest BCUT2D eigenvalue weighted by Crippen LogP contribution is 2.45. The number of pyridine rings is 1. The molecule has 6 nitrogen and oxygen atoms in total. The summed E-state index contributed by atoms with van der Waals surface area (Å²) in [4.78, 5) is 18.9. The van der Waals surface area contributed by atoms with Gasteiger partial charge in [-0.15, -0.1) is 0 Å². The number of alkyl halides is 2. The molecule has 8 heteroatoms. The van der Waals surface area contributed by atoms with E-state index in [0.717, 1.165) is 42.0 Å². The summed E-state index contributed by atoms with van der Waals surface area (Å²) >= 11 is 0. The zero-order valence-corrected chi connectivity index (χ0v) is 15.4. The van der Waals surface area contributed by atoms with Crippen molar-refractivity contribution >= 4 is 11.8 Å². The maximum atomic E-state index is 13.2. The smallest absolute Gasteiger partial charge is 0.341 e. The molecule has 2 aliphatic rings. The van der Waals surface area contributed by atoms with Gasteiger partial charge in [0.2, 0.25) is 0 Å². The zero-order chi connectivity index (χ0) is 19.1. The average Bonchev–Trinajstić information content (AvgIpc) is 3.05. The Hall–Kier alpha value is -2.51. The van der Waals surface area contributed by atoms with Crippen molar-refractivity contribution in [3.8, 4) is 0 Å². The van der Waals surface area contributed by atoms with Crippen LogP contribution in [0.4, 0.5) is 14.6 Å². The Bertz CT molecular complexity index is 857. The summed E-state index contributed by atoms with van der Waals surface area (Å²) in [5.41, 5.74) is 0.971. The Morgan fingerprint density at radius 3 is 2.70 bits per heavy atom. The topological polar surface area (TPSA) is 60.2 Å². The van der Waals surface area contributed by atoms with E-state index in [0.29, 0.717) is 0 Å². The molecule has 0 radical (unpaired) electrons. The first kappa shape index (κ1) is 17.9. The van der Waals surface area contributed by atoms with Gasteiger partial charge in [-0.3, -0.25) is 4.68 Å². The lowest BCUT2D eigenvalue weighted by molar-refractivity contribution is 0.0515. The molecule has 27 heavy (non-hydrogen) atoms. The van der Waals surface area contributed by atoms with Crippen molar-refractivity contribution in [1.82, 2.24) is 14.8 Å². The van der Waals surface area contributed by atoms with E-state index in [4.69, 9.17) is 4.74 Å². The molecule has 4 rings (SSSR count). The van der Waals surface area contributed by atoms with E-state index < -0.39 is 18.1 Å². The number of esters is 1. The van der Waals surface area contributed by atoms with Crippen LogP contribution < -0.4 is 4.90 Å². The number of fused-ring (bicyclic) bond motifs is 1. The van der Waals surface area contributed by atoms with Crippen LogP contribution >= 0.6 is 0 Å². The molecule has 2 unspecified atom stereocenters. The van der Waals surface area contributed by atoms with Gasteiger partial charge in [-0.1, -0.05) is 6.07 Å². The largest absolute Gasteiger partial charge is 0.462 e. The Balaban J connectivity index is 1.53. The third-order valence-electron chi connectivity index (χ3n) is 5.31. The lowest BCUT2D eigenvalue weighted by Crippen LogP contribution is -2.23. The molecule has 2 aromatic heterocycles. The number of ether oxygens (including phenoxy) is 1. The summed E-state index contributed by atoms with van der Waals surface area (Å²) in [5, 5.41) is 3.89. The lowest BCUT2D eigenvalue weighted by Gasteiger charge is -2.20. The van der Waals surface area contributed by atoms with Crippen molar-refractivity contribution in [3.05, 3.63) is 40.8 Å². The number of hydrogen-bond donors (Lipinski definition) is 0.